The Morgan fingerprint density at radius 1 is 1.04 bits per heavy atom. The Hall–Kier alpha value is -2.87. The summed E-state index contributed by atoms with van der Waals surface area (Å²) in [5, 5.41) is -0.0400. The van der Waals surface area contributed by atoms with Gasteiger partial charge in [-0.2, -0.15) is 0 Å². The topological polar surface area (TPSA) is 90.6 Å². The molecule has 0 atom stereocenters. The average Bonchev–Trinajstić information content (AvgIpc) is 2.96. The molecular formula is C18H17N5O2S. The van der Waals surface area contributed by atoms with Gasteiger partial charge in [0.05, 0.1) is 34.0 Å². The Balaban J connectivity index is 2.10. The minimum Gasteiger partial charge on any atom is -0.324 e. The normalized spacial score (nSPS) is 12.1. The molecule has 0 saturated carbocycles. The Labute approximate surface area is 150 Å². The highest BCUT2D eigenvalue weighted by atomic mass is 32.2. The minimum absolute atomic E-state index is 0.0400. The molecule has 0 spiro atoms. The zero-order valence-corrected chi connectivity index (χ0v) is 15.4. The molecule has 0 saturated heterocycles. The van der Waals surface area contributed by atoms with Gasteiger partial charge < -0.3 is 4.57 Å². The van der Waals surface area contributed by atoms with Crippen molar-refractivity contribution >= 4 is 31.9 Å². The minimum atomic E-state index is -3.57. The van der Waals surface area contributed by atoms with Crippen LogP contribution in [0.2, 0.25) is 0 Å². The van der Waals surface area contributed by atoms with Gasteiger partial charge in [-0.1, -0.05) is 19.1 Å². The second-order valence-electron chi connectivity index (χ2n) is 6.08. The summed E-state index contributed by atoms with van der Waals surface area (Å²) in [5.74, 6) is 0.398. The van der Waals surface area contributed by atoms with Crippen LogP contribution in [0.5, 0.6) is 0 Å². The summed E-state index contributed by atoms with van der Waals surface area (Å²) in [7, 11) is -1.75. The number of imidazole rings is 1. The fraction of sp³-hybridized carbons (Fsp3) is 0.222. The monoisotopic (exact) mass is 367 g/mol. The van der Waals surface area contributed by atoms with Crippen LogP contribution in [0.1, 0.15) is 12.6 Å². The van der Waals surface area contributed by atoms with Gasteiger partial charge in [0.1, 0.15) is 5.69 Å². The molecular weight excluding hydrogens is 350 g/mol. The maximum atomic E-state index is 12.7. The van der Waals surface area contributed by atoms with Crippen molar-refractivity contribution in [2.24, 2.45) is 7.05 Å². The number of aromatic nitrogens is 5. The van der Waals surface area contributed by atoms with Gasteiger partial charge in [-0.25, -0.2) is 23.4 Å². The van der Waals surface area contributed by atoms with E-state index in [-0.39, 0.29) is 16.5 Å². The number of sulfone groups is 1. The lowest BCUT2D eigenvalue weighted by molar-refractivity contribution is 0.594. The van der Waals surface area contributed by atoms with Gasteiger partial charge in [0, 0.05) is 12.7 Å². The Morgan fingerprint density at radius 3 is 2.42 bits per heavy atom. The van der Waals surface area contributed by atoms with E-state index in [4.69, 9.17) is 0 Å². The van der Waals surface area contributed by atoms with Crippen LogP contribution < -0.4 is 0 Å². The average molecular weight is 367 g/mol. The van der Waals surface area contributed by atoms with E-state index >= 15 is 0 Å². The molecule has 0 aliphatic rings. The molecule has 0 aliphatic carbocycles. The second kappa shape index (κ2) is 5.84. The summed E-state index contributed by atoms with van der Waals surface area (Å²) in [5.41, 5.74) is 3.82. The first kappa shape index (κ1) is 16.6. The van der Waals surface area contributed by atoms with E-state index in [0.717, 1.165) is 16.7 Å². The molecule has 3 aromatic heterocycles. The molecule has 8 heteroatoms. The Bertz CT molecular complexity index is 1260. The summed E-state index contributed by atoms with van der Waals surface area (Å²) in [6, 6.07) is 9.08. The molecule has 0 N–H and O–H groups in total. The van der Waals surface area contributed by atoms with Crippen LogP contribution in [-0.2, 0) is 16.9 Å². The molecule has 0 unspecified atom stereocenters. The third kappa shape index (κ3) is 2.53. The first-order chi connectivity index (χ1) is 12.4. The molecule has 0 radical (unpaired) electrons. The summed E-state index contributed by atoms with van der Waals surface area (Å²) in [6.45, 7) is 3.48. The second-order valence-corrected chi connectivity index (χ2v) is 8.27. The molecule has 7 nitrogen and oxygen atoms in total. The first-order valence-corrected chi connectivity index (χ1v) is 9.85. The van der Waals surface area contributed by atoms with Crippen molar-refractivity contribution in [2.75, 3.05) is 5.75 Å². The van der Waals surface area contributed by atoms with Crippen LogP contribution in [0, 0.1) is 6.92 Å². The quantitative estimate of drug-likeness (QED) is 0.553. The summed E-state index contributed by atoms with van der Waals surface area (Å²) < 4.78 is 27.1. The van der Waals surface area contributed by atoms with Gasteiger partial charge in [0.2, 0.25) is 0 Å². The lowest BCUT2D eigenvalue weighted by Crippen LogP contribution is -2.11. The van der Waals surface area contributed by atoms with Crippen LogP contribution in [0.25, 0.3) is 33.6 Å². The van der Waals surface area contributed by atoms with Gasteiger partial charge in [-0.05, 0) is 25.1 Å². The third-order valence-electron chi connectivity index (χ3n) is 4.33. The largest absolute Gasteiger partial charge is 0.324 e. The van der Waals surface area contributed by atoms with Crippen molar-refractivity contribution < 1.29 is 8.42 Å². The lowest BCUT2D eigenvalue weighted by atomic mass is 10.3. The summed E-state index contributed by atoms with van der Waals surface area (Å²) in [6.07, 6.45) is 1.73. The first-order valence-electron chi connectivity index (χ1n) is 8.19. The molecule has 0 fully saturated rings. The van der Waals surface area contributed by atoms with Crippen LogP contribution in [0.4, 0.5) is 0 Å². The van der Waals surface area contributed by atoms with E-state index in [1.54, 1.807) is 23.8 Å². The number of para-hydroxylation sites is 2. The molecule has 0 bridgehead atoms. The van der Waals surface area contributed by atoms with E-state index < -0.39 is 9.84 Å². The van der Waals surface area contributed by atoms with E-state index in [2.05, 4.69) is 19.9 Å². The zero-order valence-electron chi connectivity index (χ0n) is 14.6. The van der Waals surface area contributed by atoms with Crippen molar-refractivity contribution in [3.05, 3.63) is 42.2 Å². The third-order valence-corrected chi connectivity index (χ3v) is 5.96. The van der Waals surface area contributed by atoms with E-state index in [9.17, 15) is 8.42 Å². The van der Waals surface area contributed by atoms with Gasteiger partial charge in [-0.3, -0.25) is 4.98 Å². The maximum Gasteiger partial charge on any atom is 0.197 e. The van der Waals surface area contributed by atoms with E-state index in [0.29, 0.717) is 16.9 Å². The SMILES string of the molecule is CCS(=O)(=O)c1nc2ccccc2nc1-c1nc2cc(C)ncc2n1C. The lowest BCUT2D eigenvalue weighted by Gasteiger charge is -2.09. The molecule has 132 valence electrons. The smallest absolute Gasteiger partial charge is 0.197 e. The standard InChI is InChI=1S/C18H17N5O2S/c1-4-26(24,25)18-16(20-12-7-5-6-8-13(12)22-18)17-21-14-9-11(2)19-10-15(14)23(17)3/h5-10H,4H2,1-3H3. The number of fused-ring (bicyclic) bond motifs is 2. The fourth-order valence-electron chi connectivity index (χ4n) is 2.88. The molecule has 3 heterocycles. The summed E-state index contributed by atoms with van der Waals surface area (Å²) in [4.78, 5) is 17.9. The van der Waals surface area contributed by atoms with Gasteiger partial charge in [0.25, 0.3) is 0 Å². The van der Waals surface area contributed by atoms with Crippen LogP contribution >= 0.6 is 0 Å². The van der Waals surface area contributed by atoms with Crippen molar-refractivity contribution in [3.63, 3.8) is 0 Å². The number of pyridine rings is 1. The van der Waals surface area contributed by atoms with Crippen molar-refractivity contribution in [1.82, 2.24) is 24.5 Å². The Kier molecular flexibility index (Phi) is 3.73. The highest BCUT2D eigenvalue weighted by molar-refractivity contribution is 7.91. The Morgan fingerprint density at radius 2 is 1.73 bits per heavy atom. The zero-order chi connectivity index (χ0) is 18.5. The van der Waals surface area contributed by atoms with Gasteiger partial charge in [-0.15, -0.1) is 0 Å². The van der Waals surface area contributed by atoms with Crippen molar-refractivity contribution in [3.8, 4) is 11.5 Å². The predicted molar refractivity (Wildman–Crippen MR) is 99.5 cm³/mol. The van der Waals surface area contributed by atoms with Crippen LogP contribution in [0.3, 0.4) is 0 Å². The van der Waals surface area contributed by atoms with Crippen molar-refractivity contribution in [1.29, 1.82) is 0 Å². The van der Waals surface area contributed by atoms with E-state index in [1.807, 2.05) is 38.2 Å². The van der Waals surface area contributed by atoms with Crippen LogP contribution in [-0.4, -0.2) is 38.7 Å². The molecule has 4 aromatic rings. The number of nitrogens with zero attached hydrogens (tertiary/aromatic N) is 5. The number of benzene rings is 1. The fourth-order valence-corrected chi connectivity index (χ4v) is 3.83. The highest BCUT2D eigenvalue weighted by Gasteiger charge is 2.25. The molecule has 0 aliphatic heterocycles. The number of hydrogen-bond donors (Lipinski definition) is 0. The molecule has 1 aromatic carbocycles. The molecule has 4 rings (SSSR count). The van der Waals surface area contributed by atoms with Crippen molar-refractivity contribution in [2.45, 2.75) is 18.9 Å². The van der Waals surface area contributed by atoms with Gasteiger partial charge >= 0.3 is 0 Å². The maximum absolute atomic E-state index is 12.7. The number of rotatable bonds is 3. The highest BCUT2D eigenvalue weighted by Crippen LogP contribution is 2.29. The summed E-state index contributed by atoms with van der Waals surface area (Å²) >= 11 is 0. The molecule has 0 amide bonds. The van der Waals surface area contributed by atoms with Gasteiger partial charge in [0.15, 0.2) is 20.7 Å². The van der Waals surface area contributed by atoms with E-state index in [1.165, 1.54) is 0 Å². The molecule has 26 heavy (non-hydrogen) atoms. The number of hydrogen-bond acceptors (Lipinski definition) is 6. The predicted octanol–water partition coefficient (Wildman–Crippen LogP) is 2.68. The number of aryl methyl sites for hydroxylation is 2. The van der Waals surface area contributed by atoms with Crippen LogP contribution in [0.15, 0.2) is 41.6 Å².